The van der Waals surface area contributed by atoms with Crippen molar-refractivity contribution in [1.29, 1.82) is 0 Å². The second kappa shape index (κ2) is 5.45. The number of aryl methyl sites for hydroxylation is 1. The Morgan fingerprint density at radius 1 is 1.11 bits per heavy atom. The smallest absolute Gasteiger partial charge is 0.119 e. The monoisotopic (exact) mass is 254 g/mol. The van der Waals surface area contributed by atoms with E-state index in [0.717, 1.165) is 18.8 Å². The summed E-state index contributed by atoms with van der Waals surface area (Å²) >= 11 is 0. The number of hydrogen-bond acceptors (Lipinski definition) is 2. The molecule has 1 heterocycles. The average Bonchev–Trinajstić information content (AvgIpc) is 3.30. The van der Waals surface area contributed by atoms with Crippen molar-refractivity contribution >= 4 is 0 Å². The maximum Gasteiger partial charge on any atom is 0.119 e. The number of epoxide rings is 1. The van der Waals surface area contributed by atoms with Gasteiger partial charge in [-0.05, 0) is 35.2 Å². The zero-order chi connectivity index (χ0) is 13.1. The molecule has 2 nitrogen and oxygen atoms in total. The topological polar surface area (TPSA) is 21.8 Å². The van der Waals surface area contributed by atoms with E-state index in [0.29, 0.717) is 12.7 Å². The lowest BCUT2D eigenvalue weighted by Gasteiger charge is -2.09. The van der Waals surface area contributed by atoms with Crippen LogP contribution in [0.2, 0.25) is 0 Å². The summed E-state index contributed by atoms with van der Waals surface area (Å²) in [6.07, 6.45) is 1.36. The Kier molecular flexibility index (Phi) is 3.51. The van der Waals surface area contributed by atoms with Crippen LogP contribution in [-0.4, -0.2) is 19.3 Å². The molecule has 2 heteroatoms. The van der Waals surface area contributed by atoms with Crippen LogP contribution in [0.25, 0.3) is 11.1 Å². The Morgan fingerprint density at radius 3 is 2.53 bits per heavy atom. The lowest BCUT2D eigenvalue weighted by Crippen LogP contribution is -2.03. The Bertz CT molecular complexity index is 541. The first kappa shape index (κ1) is 12.2. The van der Waals surface area contributed by atoms with Gasteiger partial charge in [0.1, 0.15) is 18.5 Å². The first-order valence-electron chi connectivity index (χ1n) is 6.79. The Morgan fingerprint density at radius 2 is 1.84 bits per heavy atom. The molecule has 0 aliphatic carbocycles. The molecule has 1 atom stereocenters. The molecule has 1 aliphatic rings. The van der Waals surface area contributed by atoms with Crippen LogP contribution >= 0.6 is 0 Å². The third-order valence-electron chi connectivity index (χ3n) is 3.40. The van der Waals surface area contributed by atoms with Crippen molar-refractivity contribution in [2.75, 3.05) is 13.2 Å². The number of rotatable bonds is 5. The Labute approximate surface area is 114 Å². The van der Waals surface area contributed by atoms with Crippen molar-refractivity contribution in [2.24, 2.45) is 0 Å². The van der Waals surface area contributed by atoms with Crippen molar-refractivity contribution < 1.29 is 9.47 Å². The Balaban J connectivity index is 1.77. The summed E-state index contributed by atoms with van der Waals surface area (Å²) in [6.45, 7) is 3.68. The fourth-order valence-electron chi connectivity index (χ4n) is 2.19. The second-order valence-corrected chi connectivity index (χ2v) is 4.80. The summed E-state index contributed by atoms with van der Waals surface area (Å²) in [4.78, 5) is 0. The summed E-state index contributed by atoms with van der Waals surface area (Å²) in [5, 5.41) is 0. The fourth-order valence-corrected chi connectivity index (χ4v) is 2.19. The van der Waals surface area contributed by atoms with Crippen molar-refractivity contribution in [3.63, 3.8) is 0 Å². The maximum absolute atomic E-state index is 5.65. The van der Waals surface area contributed by atoms with Gasteiger partial charge in [-0.25, -0.2) is 0 Å². The molecule has 1 fully saturated rings. The zero-order valence-corrected chi connectivity index (χ0v) is 11.1. The number of hydrogen-bond donors (Lipinski definition) is 0. The van der Waals surface area contributed by atoms with Crippen molar-refractivity contribution in [2.45, 2.75) is 19.4 Å². The van der Waals surface area contributed by atoms with Crippen LogP contribution in [0.5, 0.6) is 5.75 Å². The Hall–Kier alpha value is -1.80. The van der Waals surface area contributed by atoms with E-state index < -0.39 is 0 Å². The summed E-state index contributed by atoms with van der Waals surface area (Å²) in [5.41, 5.74) is 3.93. The third-order valence-corrected chi connectivity index (χ3v) is 3.40. The first-order chi connectivity index (χ1) is 9.36. The summed E-state index contributed by atoms with van der Waals surface area (Å²) in [5.74, 6) is 0.910. The van der Waals surface area contributed by atoms with E-state index in [9.17, 15) is 0 Å². The molecule has 0 aromatic heterocycles. The van der Waals surface area contributed by atoms with Gasteiger partial charge in [0.15, 0.2) is 0 Å². The van der Waals surface area contributed by atoms with E-state index in [1.807, 2.05) is 12.1 Å². The standard InChI is InChI=1S/C17H18O2/c1-2-13-5-3-4-6-17(13)14-7-9-15(10-8-14)18-11-16-12-19-16/h3-10,16H,2,11-12H2,1H3. The zero-order valence-electron chi connectivity index (χ0n) is 11.1. The molecule has 0 spiro atoms. The molecule has 98 valence electrons. The SMILES string of the molecule is CCc1ccccc1-c1ccc(OCC2CO2)cc1. The van der Waals surface area contributed by atoms with E-state index in [4.69, 9.17) is 9.47 Å². The predicted octanol–water partition coefficient (Wildman–Crippen LogP) is 3.69. The van der Waals surface area contributed by atoms with E-state index in [2.05, 4.69) is 43.3 Å². The van der Waals surface area contributed by atoms with Crippen LogP contribution in [0.15, 0.2) is 48.5 Å². The minimum Gasteiger partial charge on any atom is -0.491 e. The molecule has 1 saturated heterocycles. The minimum absolute atomic E-state index is 0.306. The number of benzene rings is 2. The van der Waals surface area contributed by atoms with Gasteiger partial charge in [-0.2, -0.15) is 0 Å². The molecule has 1 unspecified atom stereocenters. The van der Waals surface area contributed by atoms with Crippen LogP contribution in [0.4, 0.5) is 0 Å². The molecular formula is C17H18O2. The summed E-state index contributed by atoms with van der Waals surface area (Å²) in [7, 11) is 0. The molecule has 1 aliphatic heterocycles. The van der Waals surface area contributed by atoms with Crippen molar-refractivity contribution in [3.05, 3.63) is 54.1 Å². The molecule has 0 saturated carbocycles. The van der Waals surface area contributed by atoms with Gasteiger partial charge in [-0.1, -0.05) is 43.3 Å². The molecular weight excluding hydrogens is 236 g/mol. The van der Waals surface area contributed by atoms with Gasteiger partial charge in [0.2, 0.25) is 0 Å². The largest absolute Gasteiger partial charge is 0.491 e. The molecule has 3 rings (SSSR count). The van der Waals surface area contributed by atoms with Crippen LogP contribution in [-0.2, 0) is 11.2 Å². The molecule has 19 heavy (non-hydrogen) atoms. The molecule has 2 aromatic rings. The normalized spacial score (nSPS) is 17.2. The molecule has 0 amide bonds. The van der Waals surface area contributed by atoms with Crippen molar-refractivity contribution in [3.8, 4) is 16.9 Å². The van der Waals surface area contributed by atoms with Gasteiger partial charge >= 0.3 is 0 Å². The molecule has 2 aromatic carbocycles. The third kappa shape index (κ3) is 2.96. The minimum atomic E-state index is 0.306. The lowest BCUT2D eigenvalue weighted by atomic mass is 9.98. The highest BCUT2D eigenvalue weighted by molar-refractivity contribution is 5.67. The fraction of sp³-hybridized carbons (Fsp3) is 0.294. The van der Waals surface area contributed by atoms with Crippen LogP contribution in [0, 0.1) is 0 Å². The van der Waals surface area contributed by atoms with Crippen molar-refractivity contribution in [1.82, 2.24) is 0 Å². The van der Waals surface area contributed by atoms with Crippen LogP contribution < -0.4 is 4.74 Å². The first-order valence-corrected chi connectivity index (χ1v) is 6.79. The molecule has 0 N–H and O–H groups in total. The number of ether oxygens (including phenoxy) is 2. The maximum atomic E-state index is 5.65. The van der Waals surface area contributed by atoms with E-state index >= 15 is 0 Å². The van der Waals surface area contributed by atoms with E-state index in [-0.39, 0.29) is 0 Å². The van der Waals surface area contributed by atoms with Gasteiger partial charge in [0, 0.05) is 0 Å². The van der Waals surface area contributed by atoms with E-state index in [1.165, 1.54) is 16.7 Å². The van der Waals surface area contributed by atoms with Crippen LogP contribution in [0.1, 0.15) is 12.5 Å². The summed E-state index contributed by atoms with van der Waals surface area (Å²) < 4.78 is 10.8. The van der Waals surface area contributed by atoms with Gasteiger partial charge in [0.05, 0.1) is 6.61 Å². The molecule has 0 bridgehead atoms. The van der Waals surface area contributed by atoms with Crippen LogP contribution in [0.3, 0.4) is 0 Å². The highest BCUT2D eigenvalue weighted by atomic mass is 16.6. The lowest BCUT2D eigenvalue weighted by molar-refractivity contribution is 0.263. The van der Waals surface area contributed by atoms with Gasteiger partial charge in [0.25, 0.3) is 0 Å². The van der Waals surface area contributed by atoms with Gasteiger partial charge in [-0.15, -0.1) is 0 Å². The van der Waals surface area contributed by atoms with E-state index in [1.54, 1.807) is 0 Å². The predicted molar refractivity (Wildman–Crippen MR) is 76.5 cm³/mol. The molecule has 0 radical (unpaired) electrons. The second-order valence-electron chi connectivity index (χ2n) is 4.80. The van der Waals surface area contributed by atoms with Gasteiger partial charge < -0.3 is 9.47 Å². The van der Waals surface area contributed by atoms with Gasteiger partial charge in [-0.3, -0.25) is 0 Å². The quantitative estimate of drug-likeness (QED) is 0.759. The highest BCUT2D eigenvalue weighted by Gasteiger charge is 2.22. The highest BCUT2D eigenvalue weighted by Crippen LogP contribution is 2.26. The average molecular weight is 254 g/mol. The summed E-state index contributed by atoms with van der Waals surface area (Å²) in [6, 6.07) is 16.8.